The molecule has 134 valence electrons. The van der Waals surface area contributed by atoms with Gasteiger partial charge in [-0.2, -0.15) is 0 Å². The normalized spacial score (nSPS) is 25.7. The van der Waals surface area contributed by atoms with Gasteiger partial charge in [0.15, 0.2) is 0 Å². The summed E-state index contributed by atoms with van der Waals surface area (Å²) in [4.78, 5) is 40.4. The van der Waals surface area contributed by atoms with Crippen LogP contribution in [0.15, 0.2) is 24.3 Å². The van der Waals surface area contributed by atoms with Crippen molar-refractivity contribution in [2.24, 2.45) is 17.8 Å². The fraction of sp³-hybridized carbons (Fsp3) is 0.526. The zero-order chi connectivity index (χ0) is 18.1. The summed E-state index contributed by atoms with van der Waals surface area (Å²) in [6.45, 7) is 3.48. The average Bonchev–Trinajstić information content (AvgIpc) is 2.83. The van der Waals surface area contributed by atoms with E-state index in [-0.39, 0.29) is 36.2 Å². The van der Waals surface area contributed by atoms with Gasteiger partial charge in [0.2, 0.25) is 17.7 Å². The highest BCUT2D eigenvalue weighted by Gasteiger charge is 2.50. The molecule has 6 heteroatoms. The van der Waals surface area contributed by atoms with Gasteiger partial charge in [-0.25, -0.2) is 0 Å². The van der Waals surface area contributed by atoms with Gasteiger partial charge in [-0.1, -0.05) is 19.1 Å². The first kappa shape index (κ1) is 17.5. The molecule has 1 aromatic rings. The number of hydrogen-bond acceptors (Lipinski definition) is 4. The highest BCUT2D eigenvalue weighted by Crippen LogP contribution is 2.41. The summed E-state index contributed by atoms with van der Waals surface area (Å²) in [5.41, 5.74) is 0.557. The predicted molar refractivity (Wildman–Crippen MR) is 92.9 cm³/mol. The summed E-state index contributed by atoms with van der Waals surface area (Å²) in [7, 11) is 1.53. The van der Waals surface area contributed by atoms with Gasteiger partial charge in [-0.3, -0.25) is 24.2 Å². The number of carbonyl (C=O) groups excluding carboxylic acids is 3. The van der Waals surface area contributed by atoms with Crippen molar-refractivity contribution in [2.45, 2.75) is 33.1 Å². The number of para-hydroxylation sites is 2. The fourth-order valence-corrected chi connectivity index (χ4v) is 3.94. The number of imide groups is 1. The van der Waals surface area contributed by atoms with Crippen LogP contribution in [0.25, 0.3) is 0 Å². The van der Waals surface area contributed by atoms with E-state index in [4.69, 9.17) is 4.74 Å². The Morgan fingerprint density at radius 3 is 2.56 bits per heavy atom. The smallest absolute Gasteiger partial charge is 0.234 e. The minimum Gasteiger partial charge on any atom is -0.495 e. The molecule has 1 saturated heterocycles. The van der Waals surface area contributed by atoms with E-state index in [1.165, 1.54) is 23.8 Å². The number of methoxy groups -OCH3 is 1. The van der Waals surface area contributed by atoms with Crippen LogP contribution in [0.1, 0.15) is 33.1 Å². The molecule has 0 bridgehead atoms. The highest BCUT2D eigenvalue weighted by atomic mass is 16.5. The SMILES string of the molecule is COc1ccccc1N(CN1C(=O)[C@H]2CC[C@H](C)C[C@@H]2C1=O)C(C)=O. The third kappa shape index (κ3) is 3.13. The Bertz CT molecular complexity index is 702. The highest BCUT2D eigenvalue weighted by molar-refractivity contribution is 6.06. The van der Waals surface area contributed by atoms with Crippen LogP contribution in [-0.2, 0) is 14.4 Å². The zero-order valence-corrected chi connectivity index (χ0v) is 14.9. The van der Waals surface area contributed by atoms with E-state index in [2.05, 4.69) is 6.92 Å². The first-order valence-corrected chi connectivity index (χ1v) is 8.70. The lowest BCUT2D eigenvalue weighted by Gasteiger charge is -2.27. The van der Waals surface area contributed by atoms with E-state index >= 15 is 0 Å². The van der Waals surface area contributed by atoms with Crippen LogP contribution in [-0.4, -0.2) is 36.4 Å². The van der Waals surface area contributed by atoms with Gasteiger partial charge in [-0.15, -0.1) is 0 Å². The molecule has 1 heterocycles. The molecule has 0 aromatic heterocycles. The number of likely N-dealkylation sites (tertiary alicyclic amines) is 1. The molecule has 3 amide bonds. The summed E-state index contributed by atoms with van der Waals surface area (Å²) in [6, 6.07) is 7.10. The van der Waals surface area contributed by atoms with Crippen LogP contribution in [0.2, 0.25) is 0 Å². The Morgan fingerprint density at radius 1 is 1.20 bits per heavy atom. The number of ether oxygens (including phenoxy) is 1. The minimum atomic E-state index is -0.242. The molecule has 3 rings (SSSR count). The van der Waals surface area contributed by atoms with Gasteiger partial charge in [0.25, 0.3) is 0 Å². The molecular formula is C19H24N2O4. The lowest BCUT2D eigenvalue weighted by molar-refractivity contribution is -0.140. The maximum absolute atomic E-state index is 12.8. The molecule has 0 unspecified atom stereocenters. The van der Waals surface area contributed by atoms with Gasteiger partial charge >= 0.3 is 0 Å². The zero-order valence-electron chi connectivity index (χ0n) is 14.9. The molecule has 2 aliphatic rings. The van der Waals surface area contributed by atoms with E-state index in [0.717, 1.165) is 19.3 Å². The molecule has 2 fully saturated rings. The molecule has 0 N–H and O–H groups in total. The minimum absolute atomic E-state index is 0.0608. The number of carbonyl (C=O) groups is 3. The Labute approximate surface area is 147 Å². The third-order valence-electron chi connectivity index (χ3n) is 5.32. The van der Waals surface area contributed by atoms with E-state index in [0.29, 0.717) is 17.4 Å². The number of rotatable bonds is 4. The number of nitrogens with zero attached hydrogens (tertiary/aromatic N) is 2. The molecule has 1 aromatic carbocycles. The topological polar surface area (TPSA) is 66.9 Å². The van der Waals surface area contributed by atoms with E-state index in [9.17, 15) is 14.4 Å². The summed E-state index contributed by atoms with van der Waals surface area (Å²) < 4.78 is 5.32. The Balaban J connectivity index is 1.87. The van der Waals surface area contributed by atoms with E-state index in [1.54, 1.807) is 18.2 Å². The fourth-order valence-electron chi connectivity index (χ4n) is 3.94. The van der Waals surface area contributed by atoms with Crippen LogP contribution >= 0.6 is 0 Å². The molecule has 1 aliphatic heterocycles. The maximum Gasteiger partial charge on any atom is 0.234 e. The lowest BCUT2D eigenvalue weighted by atomic mass is 9.76. The van der Waals surface area contributed by atoms with Crippen molar-refractivity contribution in [3.63, 3.8) is 0 Å². The molecular weight excluding hydrogens is 320 g/mol. The molecule has 6 nitrogen and oxygen atoms in total. The van der Waals surface area contributed by atoms with Gasteiger partial charge in [0.1, 0.15) is 12.4 Å². The van der Waals surface area contributed by atoms with Gasteiger partial charge in [-0.05, 0) is 37.3 Å². The Morgan fingerprint density at radius 2 is 1.88 bits per heavy atom. The number of fused-ring (bicyclic) bond motifs is 1. The number of anilines is 1. The first-order chi connectivity index (χ1) is 11.9. The van der Waals surface area contributed by atoms with Crippen molar-refractivity contribution in [1.82, 2.24) is 4.90 Å². The largest absolute Gasteiger partial charge is 0.495 e. The van der Waals surface area contributed by atoms with Gasteiger partial charge < -0.3 is 4.74 Å². The second-order valence-corrected chi connectivity index (χ2v) is 7.00. The van der Waals surface area contributed by atoms with Crippen molar-refractivity contribution in [1.29, 1.82) is 0 Å². The van der Waals surface area contributed by atoms with Crippen molar-refractivity contribution >= 4 is 23.4 Å². The number of benzene rings is 1. The van der Waals surface area contributed by atoms with Gasteiger partial charge in [0, 0.05) is 6.92 Å². The maximum atomic E-state index is 12.8. The van der Waals surface area contributed by atoms with Crippen molar-refractivity contribution in [3.8, 4) is 5.75 Å². The van der Waals surface area contributed by atoms with Crippen molar-refractivity contribution in [3.05, 3.63) is 24.3 Å². The summed E-state index contributed by atoms with van der Waals surface area (Å²) in [5, 5.41) is 0. The quantitative estimate of drug-likeness (QED) is 0.787. The van der Waals surface area contributed by atoms with Crippen LogP contribution < -0.4 is 9.64 Å². The lowest BCUT2D eigenvalue weighted by Crippen LogP contribution is -2.44. The van der Waals surface area contributed by atoms with Gasteiger partial charge in [0.05, 0.1) is 24.6 Å². The Kier molecular flexibility index (Phi) is 4.79. The monoisotopic (exact) mass is 344 g/mol. The van der Waals surface area contributed by atoms with E-state index in [1.807, 2.05) is 6.07 Å². The Hall–Kier alpha value is -2.37. The van der Waals surface area contributed by atoms with Crippen molar-refractivity contribution in [2.75, 3.05) is 18.7 Å². The predicted octanol–water partition coefficient (Wildman–Crippen LogP) is 2.43. The molecule has 1 aliphatic carbocycles. The molecule has 3 atom stereocenters. The molecule has 25 heavy (non-hydrogen) atoms. The number of hydrogen-bond donors (Lipinski definition) is 0. The second-order valence-electron chi connectivity index (χ2n) is 7.00. The summed E-state index contributed by atoms with van der Waals surface area (Å²) >= 11 is 0. The van der Waals surface area contributed by atoms with Crippen molar-refractivity contribution < 1.29 is 19.1 Å². The number of amides is 3. The average molecular weight is 344 g/mol. The van der Waals surface area contributed by atoms with Crippen LogP contribution in [0.4, 0.5) is 5.69 Å². The van der Waals surface area contributed by atoms with Crippen LogP contribution in [0, 0.1) is 17.8 Å². The molecule has 0 radical (unpaired) electrons. The summed E-state index contributed by atoms with van der Waals surface area (Å²) in [6.07, 6.45) is 2.47. The molecule has 0 spiro atoms. The standard InChI is InChI=1S/C19H24N2O4/c1-12-8-9-14-15(10-12)19(24)21(18(14)23)11-20(13(2)22)16-6-4-5-7-17(16)25-3/h4-7,12,14-15H,8-11H2,1-3H3/t12-,14-,15-/m0/s1. The van der Waals surface area contributed by atoms with Crippen LogP contribution in [0.3, 0.4) is 0 Å². The third-order valence-corrected chi connectivity index (χ3v) is 5.32. The second kappa shape index (κ2) is 6.86. The van der Waals surface area contributed by atoms with E-state index < -0.39 is 0 Å². The molecule has 1 saturated carbocycles. The first-order valence-electron chi connectivity index (χ1n) is 8.70. The van der Waals surface area contributed by atoms with Crippen LogP contribution in [0.5, 0.6) is 5.75 Å². The summed E-state index contributed by atoms with van der Waals surface area (Å²) in [5.74, 6) is -0.0177.